The zero-order chi connectivity index (χ0) is 14.3. The van der Waals surface area contributed by atoms with Crippen molar-refractivity contribution in [1.82, 2.24) is 4.98 Å². The molecule has 0 bridgehead atoms. The number of rotatable bonds is 4. The van der Waals surface area contributed by atoms with E-state index in [-0.39, 0.29) is 11.8 Å². The van der Waals surface area contributed by atoms with Gasteiger partial charge < -0.3 is 15.5 Å². The van der Waals surface area contributed by atoms with Crippen molar-refractivity contribution in [1.29, 1.82) is 0 Å². The predicted octanol–water partition coefficient (Wildman–Crippen LogP) is 2.63. The summed E-state index contributed by atoms with van der Waals surface area (Å²) in [5.41, 5.74) is 8.07. The molecule has 1 aliphatic carbocycles. The van der Waals surface area contributed by atoms with Gasteiger partial charge in [0.2, 0.25) is 5.91 Å². The van der Waals surface area contributed by atoms with Crippen LogP contribution >= 0.6 is 0 Å². The SMILES string of the molecule is CC(C)[C@H](N)C(=O)Nc1ccc2oc(C3CC3)nc2c1. The largest absolute Gasteiger partial charge is 0.440 e. The fourth-order valence-corrected chi connectivity index (χ4v) is 2.06. The molecule has 5 heteroatoms. The second kappa shape index (κ2) is 4.90. The van der Waals surface area contributed by atoms with Crippen LogP contribution in [0.1, 0.15) is 38.5 Å². The minimum atomic E-state index is -0.509. The first-order chi connectivity index (χ1) is 9.54. The van der Waals surface area contributed by atoms with Crippen molar-refractivity contribution in [3.05, 3.63) is 24.1 Å². The van der Waals surface area contributed by atoms with E-state index in [0.717, 1.165) is 29.8 Å². The van der Waals surface area contributed by atoms with E-state index in [0.29, 0.717) is 11.6 Å². The highest BCUT2D eigenvalue weighted by atomic mass is 16.3. The number of nitrogens with two attached hydrogens (primary N) is 1. The third-order valence-corrected chi connectivity index (χ3v) is 3.62. The number of hydrogen-bond donors (Lipinski definition) is 2. The third kappa shape index (κ3) is 2.54. The number of nitrogens with zero attached hydrogens (tertiary/aromatic N) is 1. The minimum absolute atomic E-state index is 0.104. The Bertz CT molecular complexity index is 644. The molecule has 3 N–H and O–H groups in total. The molecule has 1 atom stereocenters. The fraction of sp³-hybridized carbons (Fsp3) is 0.467. The summed E-state index contributed by atoms with van der Waals surface area (Å²) in [5.74, 6) is 1.22. The molecular weight excluding hydrogens is 254 g/mol. The maximum Gasteiger partial charge on any atom is 0.241 e. The summed E-state index contributed by atoms with van der Waals surface area (Å²) in [4.78, 5) is 16.4. The van der Waals surface area contributed by atoms with Crippen molar-refractivity contribution < 1.29 is 9.21 Å². The van der Waals surface area contributed by atoms with Crippen molar-refractivity contribution in [2.45, 2.75) is 38.6 Å². The van der Waals surface area contributed by atoms with E-state index >= 15 is 0 Å². The second-order valence-corrected chi connectivity index (χ2v) is 5.77. The number of carbonyl (C=O) groups is 1. The molecular formula is C15H19N3O2. The summed E-state index contributed by atoms with van der Waals surface area (Å²) in [5, 5.41) is 2.82. The molecule has 1 fully saturated rings. The molecule has 1 aromatic carbocycles. The Morgan fingerprint density at radius 3 is 2.85 bits per heavy atom. The van der Waals surface area contributed by atoms with Crippen molar-refractivity contribution in [2.24, 2.45) is 11.7 Å². The van der Waals surface area contributed by atoms with Crippen LogP contribution < -0.4 is 11.1 Å². The molecule has 2 aromatic rings. The van der Waals surface area contributed by atoms with Crippen LogP contribution in [0, 0.1) is 5.92 Å². The van der Waals surface area contributed by atoms with Crippen molar-refractivity contribution in [3.63, 3.8) is 0 Å². The van der Waals surface area contributed by atoms with Crippen molar-refractivity contribution in [2.75, 3.05) is 5.32 Å². The van der Waals surface area contributed by atoms with Crippen LogP contribution in [0.5, 0.6) is 0 Å². The number of anilines is 1. The van der Waals surface area contributed by atoms with Crippen LogP contribution in [-0.4, -0.2) is 16.9 Å². The van der Waals surface area contributed by atoms with Gasteiger partial charge in [-0.05, 0) is 37.0 Å². The molecule has 3 rings (SSSR count). The summed E-state index contributed by atoms with van der Waals surface area (Å²) in [6, 6.07) is 4.97. The zero-order valence-electron chi connectivity index (χ0n) is 11.7. The lowest BCUT2D eigenvalue weighted by Crippen LogP contribution is -2.39. The topological polar surface area (TPSA) is 81.2 Å². The molecule has 0 saturated heterocycles. The van der Waals surface area contributed by atoms with Gasteiger partial charge in [-0.2, -0.15) is 0 Å². The summed E-state index contributed by atoms with van der Waals surface area (Å²) in [6.45, 7) is 3.85. The lowest BCUT2D eigenvalue weighted by Gasteiger charge is -2.15. The number of hydrogen-bond acceptors (Lipinski definition) is 4. The maximum absolute atomic E-state index is 11.9. The van der Waals surface area contributed by atoms with Crippen molar-refractivity contribution >= 4 is 22.7 Å². The van der Waals surface area contributed by atoms with Gasteiger partial charge >= 0.3 is 0 Å². The van der Waals surface area contributed by atoms with Gasteiger partial charge in [-0.15, -0.1) is 0 Å². The van der Waals surface area contributed by atoms with Gasteiger partial charge in [0.25, 0.3) is 0 Å². The molecule has 1 saturated carbocycles. The second-order valence-electron chi connectivity index (χ2n) is 5.77. The highest BCUT2D eigenvalue weighted by Crippen LogP contribution is 2.40. The predicted molar refractivity (Wildman–Crippen MR) is 77.4 cm³/mol. The molecule has 0 unspecified atom stereocenters. The van der Waals surface area contributed by atoms with E-state index in [2.05, 4.69) is 10.3 Å². The lowest BCUT2D eigenvalue weighted by molar-refractivity contribution is -0.118. The van der Waals surface area contributed by atoms with Gasteiger partial charge in [-0.1, -0.05) is 13.8 Å². The molecule has 0 radical (unpaired) electrons. The number of amides is 1. The Hall–Kier alpha value is -1.88. The highest BCUT2D eigenvalue weighted by molar-refractivity contribution is 5.96. The van der Waals surface area contributed by atoms with E-state index in [9.17, 15) is 4.79 Å². The summed E-state index contributed by atoms with van der Waals surface area (Å²) in [6.07, 6.45) is 2.30. The molecule has 0 spiro atoms. The van der Waals surface area contributed by atoms with Gasteiger partial charge in [0.05, 0.1) is 6.04 Å². The van der Waals surface area contributed by atoms with Gasteiger partial charge in [-0.3, -0.25) is 4.79 Å². The van der Waals surface area contributed by atoms with Gasteiger partial charge in [0, 0.05) is 11.6 Å². The monoisotopic (exact) mass is 273 g/mol. The normalized spacial score (nSPS) is 16.6. The van der Waals surface area contributed by atoms with Crippen molar-refractivity contribution in [3.8, 4) is 0 Å². The molecule has 106 valence electrons. The Morgan fingerprint density at radius 1 is 1.45 bits per heavy atom. The summed E-state index contributed by atoms with van der Waals surface area (Å²) < 4.78 is 5.69. The first kappa shape index (κ1) is 13.1. The molecule has 5 nitrogen and oxygen atoms in total. The van der Waals surface area contributed by atoms with Crippen LogP contribution in [0.4, 0.5) is 5.69 Å². The molecule has 1 aromatic heterocycles. The smallest absolute Gasteiger partial charge is 0.241 e. The quantitative estimate of drug-likeness (QED) is 0.897. The number of fused-ring (bicyclic) bond motifs is 1. The average molecular weight is 273 g/mol. The molecule has 1 heterocycles. The molecule has 1 aliphatic rings. The number of carbonyl (C=O) groups excluding carboxylic acids is 1. The summed E-state index contributed by atoms with van der Waals surface area (Å²) >= 11 is 0. The average Bonchev–Trinajstić information content (AvgIpc) is 3.17. The van der Waals surface area contributed by atoms with Gasteiger partial charge in [0.15, 0.2) is 11.5 Å². The lowest BCUT2D eigenvalue weighted by atomic mass is 10.0. The molecule has 20 heavy (non-hydrogen) atoms. The summed E-state index contributed by atoms with van der Waals surface area (Å²) in [7, 11) is 0. The number of oxazole rings is 1. The van der Waals surface area contributed by atoms with Crippen LogP contribution in [0.15, 0.2) is 22.6 Å². The Labute approximate surface area is 117 Å². The van der Waals surface area contributed by atoms with Crippen LogP contribution in [0.2, 0.25) is 0 Å². The first-order valence-electron chi connectivity index (χ1n) is 7.01. The standard InChI is InChI=1S/C15H19N3O2/c1-8(2)13(16)14(19)17-10-5-6-12-11(7-10)18-15(20-12)9-3-4-9/h5-9,13H,3-4,16H2,1-2H3,(H,17,19)/t13-/m0/s1. The fourth-order valence-electron chi connectivity index (χ4n) is 2.06. The van der Waals surface area contributed by atoms with E-state index in [1.54, 1.807) is 0 Å². The third-order valence-electron chi connectivity index (χ3n) is 3.62. The Morgan fingerprint density at radius 2 is 2.20 bits per heavy atom. The number of aromatic nitrogens is 1. The first-order valence-corrected chi connectivity index (χ1v) is 7.01. The molecule has 1 amide bonds. The van der Waals surface area contributed by atoms with Crippen LogP contribution in [0.25, 0.3) is 11.1 Å². The maximum atomic E-state index is 11.9. The van der Waals surface area contributed by atoms with Crippen LogP contribution in [0.3, 0.4) is 0 Å². The van der Waals surface area contributed by atoms with Crippen LogP contribution in [-0.2, 0) is 4.79 Å². The van der Waals surface area contributed by atoms with Gasteiger partial charge in [0.1, 0.15) is 5.52 Å². The molecule has 0 aliphatic heterocycles. The van der Waals surface area contributed by atoms with Gasteiger partial charge in [-0.25, -0.2) is 4.98 Å². The van der Waals surface area contributed by atoms with E-state index in [1.165, 1.54) is 0 Å². The zero-order valence-corrected chi connectivity index (χ0v) is 11.7. The highest BCUT2D eigenvalue weighted by Gasteiger charge is 2.29. The van der Waals surface area contributed by atoms with E-state index in [4.69, 9.17) is 10.2 Å². The Balaban J connectivity index is 1.80. The minimum Gasteiger partial charge on any atom is -0.440 e. The number of nitrogens with one attached hydrogen (secondary N) is 1. The van der Waals surface area contributed by atoms with E-state index < -0.39 is 6.04 Å². The van der Waals surface area contributed by atoms with E-state index in [1.807, 2.05) is 32.0 Å². The Kier molecular flexibility index (Phi) is 3.22. The number of benzene rings is 1.